The summed E-state index contributed by atoms with van der Waals surface area (Å²) in [6.07, 6.45) is 2.78. The Morgan fingerprint density at radius 1 is 1.54 bits per heavy atom. The van der Waals surface area contributed by atoms with E-state index in [-0.39, 0.29) is 0 Å². The molecule has 1 fully saturated rings. The SMILES string of the molecule is COCCSCC(C)CNC1CC1. The highest BCUT2D eigenvalue weighted by Gasteiger charge is 2.20. The van der Waals surface area contributed by atoms with Crippen LogP contribution in [0.2, 0.25) is 0 Å². The van der Waals surface area contributed by atoms with Crippen molar-refractivity contribution in [2.24, 2.45) is 5.92 Å². The summed E-state index contributed by atoms with van der Waals surface area (Å²) in [6, 6.07) is 0.853. The van der Waals surface area contributed by atoms with Gasteiger partial charge >= 0.3 is 0 Å². The van der Waals surface area contributed by atoms with Crippen molar-refractivity contribution in [3.63, 3.8) is 0 Å². The first-order valence-corrected chi connectivity index (χ1v) is 6.28. The Balaban J connectivity index is 1.81. The molecule has 0 aromatic heterocycles. The molecule has 0 aromatic rings. The normalized spacial score (nSPS) is 18.9. The minimum Gasteiger partial charge on any atom is -0.384 e. The van der Waals surface area contributed by atoms with Gasteiger partial charge in [-0.2, -0.15) is 11.8 Å². The first-order chi connectivity index (χ1) is 6.33. The van der Waals surface area contributed by atoms with Gasteiger partial charge in [0.1, 0.15) is 0 Å². The standard InChI is InChI=1S/C10H21NOS/c1-9(7-11-10-3-4-10)8-13-6-5-12-2/h9-11H,3-8H2,1-2H3. The van der Waals surface area contributed by atoms with Crippen LogP contribution in [0.4, 0.5) is 0 Å². The molecule has 0 aliphatic heterocycles. The van der Waals surface area contributed by atoms with Gasteiger partial charge in [0.2, 0.25) is 0 Å². The van der Waals surface area contributed by atoms with Crippen molar-refractivity contribution in [1.29, 1.82) is 0 Å². The predicted molar refractivity (Wildman–Crippen MR) is 59.4 cm³/mol. The second-order valence-electron chi connectivity index (χ2n) is 3.86. The molecule has 1 rings (SSSR count). The van der Waals surface area contributed by atoms with Crippen LogP contribution in [0.1, 0.15) is 19.8 Å². The maximum absolute atomic E-state index is 5.00. The van der Waals surface area contributed by atoms with Crippen molar-refractivity contribution in [2.75, 3.05) is 31.8 Å². The Hall–Kier alpha value is 0.270. The molecule has 1 unspecified atom stereocenters. The Kier molecular flexibility index (Phi) is 5.83. The van der Waals surface area contributed by atoms with Crippen LogP contribution in [0.3, 0.4) is 0 Å². The van der Waals surface area contributed by atoms with Gasteiger partial charge in [0, 0.05) is 18.9 Å². The van der Waals surface area contributed by atoms with Gasteiger partial charge in [0.05, 0.1) is 6.61 Å². The van der Waals surface area contributed by atoms with Gasteiger partial charge in [-0.15, -0.1) is 0 Å². The molecule has 0 aromatic carbocycles. The van der Waals surface area contributed by atoms with Gasteiger partial charge in [0.25, 0.3) is 0 Å². The van der Waals surface area contributed by atoms with Crippen molar-refractivity contribution >= 4 is 11.8 Å². The topological polar surface area (TPSA) is 21.3 Å². The molecule has 0 amide bonds. The molecule has 13 heavy (non-hydrogen) atoms. The average molecular weight is 203 g/mol. The maximum atomic E-state index is 5.00. The zero-order valence-corrected chi connectivity index (χ0v) is 9.53. The lowest BCUT2D eigenvalue weighted by atomic mass is 10.2. The predicted octanol–water partition coefficient (Wildman–Crippen LogP) is 1.75. The smallest absolute Gasteiger partial charge is 0.0552 e. The highest BCUT2D eigenvalue weighted by molar-refractivity contribution is 7.99. The summed E-state index contributed by atoms with van der Waals surface area (Å²) in [5, 5.41) is 3.55. The fourth-order valence-corrected chi connectivity index (χ4v) is 2.11. The van der Waals surface area contributed by atoms with Crippen LogP contribution >= 0.6 is 11.8 Å². The lowest BCUT2D eigenvalue weighted by Gasteiger charge is -2.11. The van der Waals surface area contributed by atoms with Crippen LogP contribution in [0.15, 0.2) is 0 Å². The van der Waals surface area contributed by atoms with Crippen molar-refractivity contribution in [2.45, 2.75) is 25.8 Å². The van der Waals surface area contributed by atoms with E-state index in [1.54, 1.807) is 7.11 Å². The van der Waals surface area contributed by atoms with E-state index in [1.165, 1.54) is 25.1 Å². The van der Waals surface area contributed by atoms with E-state index in [1.807, 2.05) is 11.8 Å². The summed E-state index contributed by atoms with van der Waals surface area (Å²) >= 11 is 1.99. The largest absolute Gasteiger partial charge is 0.384 e. The quantitative estimate of drug-likeness (QED) is 0.607. The molecule has 0 bridgehead atoms. The second kappa shape index (κ2) is 6.68. The van der Waals surface area contributed by atoms with E-state index in [2.05, 4.69) is 12.2 Å². The highest BCUT2D eigenvalue weighted by atomic mass is 32.2. The summed E-state index contributed by atoms with van der Waals surface area (Å²) in [6.45, 7) is 4.38. The number of methoxy groups -OCH3 is 1. The molecular weight excluding hydrogens is 182 g/mol. The summed E-state index contributed by atoms with van der Waals surface area (Å²) in [5.41, 5.74) is 0. The van der Waals surface area contributed by atoms with Crippen molar-refractivity contribution < 1.29 is 4.74 Å². The average Bonchev–Trinajstić information content (AvgIpc) is 2.92. The fraction of sp³-hybridized carbons (Fsp3) is 1.00. The first-order valence-electron chi connectivity index (χ1n) is 5.13. The second-order valence-corrected chi connectivity index (χ2v) is 5.01. The van der Waals surface area contributed by atoms with Crippen LogP contribution < -0.4 is 5.32 Å². The minimum atomic E-state index is 0.794. The molecule has 1 N–H and O–H groups in total. The molecule has 1 atom stereocenters. The van der Waals surface area contributed by atoms with Crippen LogP contribution in [0, 0.1) is 5.92 Å². The lowest BCUT2D eigenvalue weighted by molar-refractivity contribution is 0.218. The number of ether oxygens (including phenoxy) is 1. The summed E-state index contributed by atoms with van der Waals surface area (Å²) in [7, 11) is 1.76. The molecule has 78 valence electrons. The van der Waals surface area contributed by atoms with Crippen LogP contribution in [-0.4, -0.2) is 37.8 Å². The van der Waals surface area contributed by atoms with Crippen molar-refractivity contribution in [1.82, 2.24) is 5.32 Å². The zero-order valence-electron chi connectivity index (χ0n) is 8.71. The molecule has 0 saturated heterocycles. The Labute approximate surface area is 85.8 Å². The Morgan fingerprint density at radius 2 is 2.31 bits per heavy atom. The third-order valence-electron chi connectivity index (χ3n) is 2.17. The van der Waals surface area contributed by atoms with Gasteiger partial charge in [-0.1, -0.05) is 6.92 Å². The third-order valence-corrected chi connectivity index (χ3v) is 3.43. The molecule has 1 aliphatic carbocycles. The van der Waals surface area contributed by atoms with Gasteiger partial charge in [-0.25, -0.2) is 0 Å². The lowest BCUT2D eigenvalue weighted by Crippen LogP contribution is -2.24. The number of nitrogens with one attached hydrogen (secondary N) is 1. The number of hydrogen-bond donors (Lipinski definition) is 1. The molecule has 0 heterocycles. The zero-order chi connectivity index (χ0) is 9.52. The molecular formula is C10H21NOS. The molecule has 3 heteroatoms. The van der Waals surface area contributed by atoms with Crippen molar-refractivity contribution in [3.8, 4) is 0 Å². The van der Waals surface area contributed by atoms with E-state index < -0.39 is 0 Å². The molecule has 0 radical (unpaired) electrons. The Morgan fingerprint density at radius 3 is 2.92 bits per heavy atom. The van der Waals surface area contributed by atoms with Gasteiger partial charge in [-0.05, 0) is 31.1 Å². The van der Waals surface area contributed by atoms with E-state index in [9.17, 15) is 0 Å². The van der Waals surface area contributed by atoms with E-state index in [0.717, 1.165) is 24.3 Å². The molecule has 0 spiro atoms. The number of hydrogen-bond acceptors (Lipinski definition) is 3. The molecule has 1 saturated carbocycles. The minimum absolute atomic E-state index is 0.794. The molecule has 1 aliphatic rings. The van der Waals surface area contributed by atoms with Crippen LogP contribution in [0.5, 0.6) is 0 Å². The molecule has 2 nitrogen and oxygen atoms in total. The van der Waals surface area contributed by atoms with Gasteiger partial charge < -0.3 is 10.1 Å². The van der Waals surface area contributed by atoms with Crippen LogP contribution in [0.25, 0.3) is 0 Å². The van der Waals surface area contributed by atoms with Gasteiger partial charge in [-0.3, -0.25) is 0 Å². The van der Waals surface area contributed by atoms with Crippen LogP contribution in [-0.2, 0) is 4.74 Å². The van der Waals surface area contributed by atoms with E-state index in [4.69, 9.17) is 4.74 Å². The summed E-state index contributed by atoms with van der Waals surface area (Å²) in [4.78, 5) is 0. The number of rotatable bonds is 8. The van der Waals surface area contributed by atoms with E-state index in [0.29, 0.717) is 0 Å². The summed E-state index contributed by atoms with van der Waals surface area (Å²) in [5.74, 6) is 3.18. The fourth-order valence-electron chi connectivity index (χ4n) is 1.14. The first kappa shape index (κ1) is 11.3. The third kappa shape index (κ3) is 6.36. The monoisotopic (exact) mass is 203 g/mol. The van der Waals surface area contributed by atoms with Crippen molar-refractivity contribution in [3.05, 3.63) is 0 Å². The highest BCUT2D eigenvalue weighted by Crippen LogP contribution is 2.19. The summed E-state index contributed by atoms with van der Waals surface area (Å²) < 4.78 is 5.00. The van der Waals surface area contributed by atoms with E-state index >= 15 is 0 Å². The number of thioether (sulfide) groups is 1. The maximum Gasteiger partial charge on any atom is 0.0552 e. The Bertz CT molecular complexity index is 128. The van der Waals surface area contributed by atoms with Gasteiger partial charge in [0.15, 0.2) is 0 Å².